The number of nitrogens with zero attached hydrogens (tertiary/aromatic N) is 1. The molecule has 9 nitrogen and oxygen atoms in total. The molecular formula is C38H37ClF5N3O6S. The van der Waals surface area contributed by atoms with Crippen LogP contribution in [0.15, 0.2) is 89.8 Å². The van der Waals surface area contributed by atoms with Crippen molar-refractivity contribution < 1.29 is 49.8 Å². The fraction of sp³-hybridized carbons (Fsp3) is 0.368. The molecule has 288 valence electrons. The molecule has 2 saturated heterocycles. The quantitative estimate of drug-likeness (QED) is 0.153. The zero-order valence-corrected chi connectivity index (χ0v) is 30.2. The Hall–Kier alpha value is -4.31. The van der Waals surface area contributed by atoms with E-state index in [9.17, 15) is 26.4 Å². The normalized spacial score (nSPS) is 19.6. The largest absolute Gasteiger partial charge is 0.490 e. The molecule has 1 unspecified atom stereocenters. The van der Waals surface area contributed by atoms with Crippen LogP contribution in [-0.2, 0) is 25.5 Å². The first-order valence-corrected chi connectivity index (χ1v) is 19.1. The van der Waals surface area contributed by atoms with E-state index in [1.807, 2.05) is 6.07 Å². The van der Waals surface area contributed by atoms with Gasteiger partial charge >= 0.3 is 12.1 Å². The number of rotatable bonds is 9. The highest BCUT2D eigenvalue weighted by atomic mass is 35.5. The van der Waals surface area contributed by atoms with Crippen LogP contribution in [0.25, 0.3) is 21.9 Å². The van der Waals surface area contributed by atoms with Crippen LogP contribution in [0.5, 0.6) is 5.75 Å². The summed E-state index contributed by atoms with van der Waals surface area (Å²) in [5, 5.41) is 12.3. The number of fused-ring (bicyclic) bond motifs is 2. The number of carbonyl (C=O) groups excluding carboxylic acids is 1. The fourth-order valence-electron chi connectivity index (χ4n) is 7.06. The lowest BCUT2D eigenvalue weighted by molar-refractivity contribution is -0.192. The van der Waals surface area contributed by atoms with Crippen LogP contribution in [0.2, 0.25) is 5.02 Å². The van der Waals surface area contributed by atoms with Gasteiger partial charge in [-0.15, -0.1) is 0 Å². The van der Waals surface area contributed by atoms with Gasteiger partial charge in [0.1, 0.15) is 5.75 Å². The Bertz CT molecular complexity index is 2080. The van der Waals surface area contributed by atoms with Gasteiger partial charge in [0.2, 0.25) is 15.9 Å². The minimum absolute atomic E-state index is 0.145. The number of likely N-dealkylation sites (tertiary alicyclic amines) is 1. The molecule has 4 aromatic carbocycles. The van der Waals surface area contributed by atoms with Gasteiger partial charge in [-0.25, -0.2) is 13.2 Å². The number of halogens is 6. The second-order valence-corrected chi connectivity index (χ2v) is 15.8. The Morgan fingerprint density at radius 2 is 1.37 bits per heavy atom. The summed E-state index contributed by atoms with van der Waals surface area (Å²) in [5.41, 5.74) is 0.992. The highest BCUT2D eigenvalue weighted by Crippen LogP contribution is 2.37. The lowest BCUT2D eigenvalue weighted by atomic mass is 9.97. The summed E-state index contributed by atoms with van der Waals surface area (Å²) in [7, 11) is -4.55. The molecule has 3 fully saturated rings. The van der Waals surface area contributed by atoms with Crippen molar-refractivity contribution in [2.24, 2.45) is 11.8 Å². The highest BCUT2D eigenvalue weighted by Gasteiger charge is 2.51. The molecule has 16 heteroatoms. The van der Waals surface area contributed by atoms with E-state index >= 15 is 8.78 Å². The van der Waals surface area contributed by atoms with E-state index < -0.39 is 45.6 Å². The summed E-state index contributed by atoms with van der Waals surface area (Å²) in [6, 6.07) is 20.0. The Morgan fingerprint density at radius 1 is 0.833 bits per heavy atom. The Kier molecular flexibility index (Phi) is 11.5. The third kappa shape index (κ3) is 8.96. The maximum atomic E-state index is 16.5. The third-order valence-corrected chi connectivity index (χ3v) is 11.6. The van der Waals surface area contributed by atoms with Gasteiger partial charge in [0.15, 0.2) is 6.04 Å². The zero-order valence-electron chi connectivity index (χ0n) is 28.7. The van der Waals surface area contributed by atoms with Gasteiger partial charge in [0.25, 0.3) is 5.92 Å². The van der Waals surface area contributed by atoms with E-state index in [0.717, 1.165) is 36.6 Å². The molecule has 4 aromatic rings. The number of amides is 1. The first-order valence-electron chi connectivity index (χ1n) is 17.3. The van der Waals surface area contributed by atoms with E-state index in [0.29, 0.717) is 47.9 Å². The van der Waals surface area contributed by atoms with Gasteiger partial charge < -0.3 is 20.1 Å². The summed E-state index contributed by atoms with van der Waals surface area (Å²) in [4.78, 5) is 24.0. The first kappa shape index (κ1) is 39.4. The Morgan fingerprint density at radius 3 is 1.94 bits per heavy atom. The maximum Gasteiger partial charge on any atom is 0.490 e. The van der Waals surface area contributed by atoms with Gasteiger partial charge in [-0.1, -0.05) is 60.1 Å². The summed E-state index contributed by atoms with van der Waals surface area (Å²) in [5.74, 6) is -6.56. The molecule has 0 aromatic heterocycles. The third-order valence-electron chi connectivity index (χ3n) is 9.97. The SMILES string of the molecule is O=C(C(NS(=O)(=O)c1ccc2cc(OC3CCCC3)ccc2c1)C(F)(F)c1ccc(-c2ccc(Cl)cc2)cc1)N1C[C@H]2CNC[C@H]2C1.O=C(O)C(F)(F)F. The summed E-state index contributed by atoms with van der Waals surface area (Å²) in [6.07, 6.45) is -0.617. The van der Waals surface area contributed by atoms with Crippen molar-refractivity contribution in [2.75, 3.05) is 26.2 Å². The minimum atomic E-state index is -5.08. The summed E-state index contributed by atoms with van der Waals surface area (Å²) in [6.45, 7) is 1.97. The molecule has 2 heterocycles. The van der Waals surface area contributed by atoms with Crippen molar-refractivity contribution in [3.05, 3.63) is 95.5 Å². The van der Waals surface area contributed by atoms with Gasteiger partial charge in [0, 0.05) is 36.8 Å². The van der Waals surface area contributed by atoms with E-state index in [1.54, 1.807) is 42.5 Å². The smallest absolute Gasteiger partial charge is 0.490 e. The number of hydrogen-bond acceptors (Lipinski definition) is 6. The van der Waals surface area contributed by atoms with Crippen molar-refractivity contribution in [3.8, 4) is 16.9 Å². The molecular weight excluding hydrogens is 757 g/mol. The Labute approximate surface area is 313 Å². The maximum absolute atomic E-state index is 16.5. The molecule has 3 aliphatic rings. The molecule has 1 amide bonds. The van der Waals surface area contributed by atoms with Crippen molar-refractivity contribution in [2.45, 2.75) is 54.8 Å². The van der Waals surface area contributed by atoms with E-state index in [2.05, 4.69) is 10.0 Å². The highest BCUT2D eigenvalue weighted by molar-refractivity contribution is 7.89. The van der Waals surface area contributed by atoms with Gasteiger partial charge in [-0.3, -0.25) is 4.79 Å². The van der Waals surface area contributed by atoms with Crippen LogP contribution in [-0.4, -0.2) is 74.8 Å². The first-order chi connectivity index (χ1) is 25.5. The average molecular weight is 794 g/mol. The lowest BCUT2D eigenvalue weighted by Crippen LogP contribution is -2.56. The zero-order chi connectivity index (χ0) is 38.8. The number of carbonyl (C=O) groups is 2. The molecule has 54 heavy (non-hydrogen) atoms. The number of aliphatic carboxylic acids is 1. The van der Waals surface area contributed by atoms with Crippen molar-refractivity contribution in [1.29, 1.82) is 0 Å². The molecule has 1 aliphatic carbocycles. The second-order valence-electron chi connectivity index (χ2n) is 13.7. The second kappa shape index (κ2) is 15.8. The summed E-state index contributed by atoms with van der Waals surface area (Å²) < 4.78 is 101. The van der Waals surface area contributed by atoms with Crippen LogP contribution >= 0.6 is 11.6 Å². The lowest BCUT2D eigenvalue weighted by Gasteiger charge is -2.31. The standard InChI is InChI=1S/C36H36ClF2N3O4S.C2HF3O2/c37-30-13-7-24(8-14-30)23-5-11-29(12-6-23)36(38,39)34(35(43)42-21-27-19-40-20-28(27)22-42)41-47(44,45)33-16-10-25-17-32(15-9-26(25)18-33)46-31-3-1-2-4-31;3-2(4,5)1(6)7/h5-18,27-28,31,34,40-41H,1-4,19-22H2;(H,6,7)/t27-,28+,34?;. The molecule has 0 radical (unpaired) electrons. The number of nitrogens with one attached hydrogen (secondary N) is 2. The van der Waals surface area contributed by atoms with Gasteiger partial charge in [0.05, 0.1) is 11.0 Å². The monoisotopic (exact) mass is 793 g/mol. The van der Waals surface area contributed by atoms with Crippen LogP contribution in [0.1, 0.15) is 31.2 Å². The predicted molar refractivity (Wildman–Crippen MR) is 192 cm³/mol. The topological polar surface area (TPSA) is 125 Å². The van der Waals surface area contributed by atoms with Crippen molar-refractivity contribution in [3.63, 3.8) is 0 Å². The fourth-order valence-corrected chi connectivity index (χ4v) is 8.41. The minimum Gasteiger partial charge on any atom is -0.490 e. The number of hydrogen-bond donors (Lipinski definition) is 3. The van der Waals surface area contributed by atoms with Crippen LogP contribution in [0, 0.1) is 11.8 Å². The number of carboxylic acids is 1. The van der Waals surface area contributed by atoms with Crippen molar-refractivity contribution in [1.82, 2.24) is 14.9 Å². The number of benzene rings is 4. The predicted octanol–water partition coefficient (Wildman–Crippen LogP) is 7.23. The Balaban J connectivity index is 0.000000649. The van der Waals surface area contributed by atoms with Crippen LogP contribution < -0.4 is 14.8 Å². The number of sulfonamides is 1. The molecule has 1 saturated carbocycles. The summed E-state index contributed by atoms with van der Waals surface area (Å²) >= 11 is 5.99. The molecule has 0 spiro atoms. The molecule has 3 N–H and O–H groups in total. The molecule has 3 atom stereocenters. The average Bonchev–Trinajstić information content (AvgIpc) is 3.90. The van der Waals surface area contributed by atoms with Gasteiger partial charge in [-0.2, -0.15) is 26.7 Å². The van der Waals surface area contributed by atoms with E-state index in [-0.39, 0.29) is 22.8 Å². The molecule has 2 aliphatic heterocycles. The number of alkyl halides is 5. The molecule has 0 bridgehead atoms. The van der Waals surface area contributed by atoms with Crippen LogP contribution in [0.4, 0.5) is 22.0 Å². The van der Waals surface area contributed by atoms with Gasteiger partial charge in [-0.05, 0) is 95.8 Å². The van der Waals surface area contributed by atoms with E-state index in [1.165, 1.54) is 41.3 Å². The number of ether oxygens (including phenoxy) is 1. The van der Waals surface area contributed by atoms with E-state index in [4.69, 9.17) is 26.2 Å². The number of carboxylic acid groups (broad SMARTS) is 1. The molecule has 7 rings (SSSR count). The van der Waals surface area contributed by atoms with Crippen molar-refractivity contribution >= 4 is 44.3 Å². The van der Waals surface area contributed by atoms with Crippen LogP contribution in [0.3, 0.4) is 0 Å².